The Bertz CT molecular complexity index is 460. The van der Waals surface area contributed by atoms with Crippen LogP contribution in [0, 0.1) is 5.92 Å². The molecule has 4 nitrogen and oxygen atoms in total. The average Bonchev–Trinajstić information content (AvgIpc) is 2.91. The van der Waals surface area contributed by atoms with E-state index in [0.29, 0.717) is 5.92 Å². The largest absolute Gasteiger partial charge is 0.468 e. The van der Waals surface area contributed by atoms with E-state index in [1.165, 1.54) is 7.11 Å². The van der Waals surface area contributed by atoms with E-state index in [9.17, 15) is 4.79 Å². The molecule has 0 N–H and O–H groups in total. The first kappa shape index (κ1) is 15.5. The van der Waals surface area contributed by atoms with Crippen LogP contribution >= 0.6 is 15.9 Å². The SMILES string of the molecule is COC(=O)[C@H](c1cccc(Br)c1)N(C)C[C@@H]1CCOC1. The summed E-state index contributed by atoms with van der Waals surface area (Å²) in [5.74, 6) is 0.254. The Balaban J connectivity index is 2.16. The lowest BCUT2D eigenvalue weighted by molar-refractivity contribution is -0.147. The van der Waals surface area contributed by atoms with Crippen LogP contribution in [0.3, 0.4) is 0 Å². The van der Waals surface area contributed by atoms with Crippen LogP contribution < -0.4 is 0 Å². The zero-order valence-corrected chi connectivity index (χ0v) is 13.4. The van der Waals surface area contributed by atoms with Gasteiger partial charge in [-0.1, -0.05) is 28.1 Å². The number of rotatable bonds is 5. The number of nitrogens with zero attached hydrogens (tertiary/aromatic N) is 1. The first-order valence-corrected chi connectivity index (χ1v) is 7.52. The Morgan fingerprint density at radius 3 is 3.00 bits per heavy atom. The number of esters is 1. The van der Waals surface area contributed by atoms with Crippen molar-refractivity contribution < 1.29 is 14.3 Å². The highest BCUT2D eigenvalue weighted by Gasteiger charge is 2.29. The summed E-state index contributed by atoms with van der Waals surface area (Å²) in [5.41, 5.74) is 0.938. The lowest BCUT2D eigenvalue weighted by Crippen LogP contribution is -2.35. The maximum atomic E-state index is 12.1. The van der Waals surface area contributed by atoms with Crippen molar-refractivity contribution in [2.75, 3.05) is 33.9 Å². The molecule has 1 heterocycles. The van der Waals surface area contributed by atoms with E-state index in [0.717, 1.165) is 36.2 Å². The smallest absolute Gasteiger partial charge is 0.327 e. The van der Waals surface area contributed by atoms with Crippen LogP contribution in [0.25, 0.3) is 0 Å². The van der Waals surface area contributed by atoms with Gasteiger partial charge in [-0.25, -0.2) is 4.79 Å². The Hall–Kier alpha value is -0.910. The molecule has 0 aliphatic carbocycles. The molecule has 1 aromatic rings. The molecular formula is C15H20BrNO3. The number of hydrogen-bond acceptors (Lipinski definition) is 4. The summed E-state index contributed by atoms with van der Waals surface area (Å²) in [6.45, 7) is 2.42. The van der Waals surface area contributed by atoms with Gasteiger partial charge >= 0.3 is 5.97 Å². The molecule has 2 atom stereocenters. The van der Waals surface area contributed by atoms with Crippen molar-refractivity contribution in [3.05, 3.63) is 34.3 Å². The van der Waals surface area contributed by atoms with E-state index in [1.807, 2.05) is 36.2 Å². The molecule has 1 aromatic carbocycles. The number of likely N-dealkylation sites (N-methyl/N-ethyl adjacent to an activating group) is 1. The molecule has 5 heteroatoms. The molecule has 0 saturated carbocycles. The van der Waals surface area contributed by atoms with Gasteiger partial charge in [0, 0.05) is 17.6 Å². The molecule has 0 amide bonds. The van der Waals surface area contributed by atoms with Crippen molar-refractivity contribution >= 4 is 21.9 Å². The quantitative estimate of drug-likeness (QED) is 0.771. The molecular weight excluding hydrogens is 322 g/mol. The van der Waals surface area contributed by atoms with Crippen LogP contribution in [0.2, 0.25) is 0 Å². The van der Waals surface area contributed by atoms with Crippen LogP contribution in [0.15, 0.2) is 28.7 Å². The van der Waals surface area contributed by atoms with Crippen LogP contribution in [0.1, 0.15) is 18.0 Å². The topological polar surface area (TPSA) is 38.8 Å². The van der Waals surface area contributed by atoms with Crippen molar-refractivity contribution in [3.8, 4) is 0 Å². The third-order valence-corrected chi connectivity index (χ3v) is 4.09. The van der Waals surface area contributed by atoms with Gasteiger partial charge in [0.1, 0.15) is 6.04 Å². The van der Waals surface area contributed by atoms with Crippen LogP contribution in [-0.4, -0.2) is 44.8 Å². The minimum Gasteiger partial charge on any atom is -0.468 e. The fourth-order valence-corrected chi connectivity index (χ4v) is 3.02. The first-order chi connectivity index (χ1) is 9.61. The number of methoxy groups -OCH3 is 1. The van der Waals surface area contributed by atoms with Crippen molar-refractivity contribution in [1.29, 1.82) is 0 Å². The van der Waals surface area contributed by atoms with Crippen LogP contribution in [0.4, 0.5) is 0 Å². The van der Waals surface area contributed by atoms with Gasteiger partial charge in [0.05, 0.1) is 13.7 Å². The normalized spacial score (nSPS) is 20.1. The van der Waals surface area contributed by atoms with Crippen molar-refractivity contribution in [3.63, 3.8) is 0 Å². The molecule has 0 aromatic heterocycles. The first-order valence-electron chi connectivity index (χ1n) is 6.73. The van der Waals surface area contributed by atoms with Gasteiger partial charge in [0.25, 0.3) is 0 Å². The third-order valence-electron chi connectivity index (χ3n) is 3.60. The van der Waals surface area contributed by atoms with Gasteiger partial charge in [-0.3, -0.25) is 4.90 Å². The van der Waals surface area contributed by atoms with Gasteiger partial charge in [-0.2, -0.15) is 0 Å². The van der Waals surface area contributed by atoms with E-state index in [2.05, 4.69) is 15.9 Å². The fraction of sp³-hybridized carbons (Fsp3) is 0.533. The summed E-state index contributed by atoms with van der Waals surface area (Å²) in [5, 5.41) is 0. The van der Waals surface area contributed by atoms with E-state index in [4.69, 9.17) is 9.47 Å². The molecule has 1 aliphatic rings. The van der Waals surface area contributed by atoms with E-state index < -0.39 is 0 Å². The van der Waals surface area contributed by atoms with Crippen LogP contribution in [-0.2, 0) is 14.3 Å². The minimum atomic E-state index is -0.377. The molecule has 0 bridgehead atoms. The summed E-state index contributed by atoms with van der Waals surface area (Å²) >= 11 is 3.45. The molecule has 0 radical (unpaired) electrons. The summed E-state index contributed by atoms with van der Waals surface area (Å²) in [4.78, 5) is 14.2. The number of benzene rings is 1. The predicted octanol–water partition coefficient (Wildman–Crippen LogP) is 2.63. The highest BCUT2D eigenvalue weighted by molar-refractivity contribution is 9.10. The fourth-order valence-electron chi connectivity index (χ4n) is 2.60. The molecule has 20 heavy (non-hydrogen) atoms. The Kier molecular flexibility index (Phi) is 5.57. The molecule has 1 aliphatic heterocycles. The van der Waals surface area contributed by atoms with Crippen molar-refractivity contribution in [2.45, 2.75) is 12.5 Å². The highest BCUT2D eigenvalue weighted by atomic mass is 79.9. The lowest BCUT2D eigenvalue weighted by Gasteiger charge is -2.28. The monoisotopic (exact) mass is 341 g/mol. The summed E-state index contributed by atoms with van der Waals surface area (Å²) in [6.07, 6.45) is 1.05. The Labute approximate surface area is 128 Å². The molecule has 0 unspecified atom stereocenters. The second-order valence-corrected chi connectivity index (χ2v) is 6.07. The van der Waals surface area contributed by atoms with Gasteiger partial charge in [0.15, 0.2) is 0 Å². The van der Waals surface area contributed by atoms with Gasteiger partial charge in [-0.15, -0.1) is 0 Å². The highest BCUT2D eigenvalue weighted by Crippen LogP contribution is 2.26. The molecule has 0 spiro atoms. The minimum absolute atomic E-state index is 0.232. The second-order valence-electron chi connectivity index (χ2n) is 5.15. The molecule has 110 valence electrons. The number of ether oxygens (including phenoxy) is 2. The van der Waals surface area contributed by atoms with Gasteiger partial charge in [0.2, 0.25) is 0 Å². The summed E-state index contributed by atoms with van der Waals surface area (Å²) in [7, 11) is 3.39. The van der Waals surface area contributed by atoms with E-state index in [1.54, 1.807) is 0 Å². The van der Waals surface area contributed by atoms with Crippen LogP contribution in [0.5, 0.6) is 0 Å². The number of carbonyl (C=O) groups excluding carboxylic acids is 1. The summed E-state index contributed by atoms with van der Waals surface area (Å²) < 4.78 is 11.3. The number of halogens is 1. The van der Waals surface area contributed by atoms with Crippen molar-refractivity contribution in [1.82, 2.24) is 4.90 Å². The molecule has 2 rings (SSSR count). The third kappa shape index (κ3) is 3.81. The standard InChI is InChI=1S/C15H20BrNO3/c1-17(9-11-6-7-20-10-11)14(15(18)19-2)12-4-3-5-13(16)8-12/h3-5,8,11,14H,6-7,9-10H2,1-2H3/t11-,14-/m0/s1. The lowest BCUT2D eigenvalue weighted by atomic mass is 10.0. The Morgan fingerprint density at radius 2 is 2.40 bits per heavy atom. The van der Waals surface area contributed by atoms with E-state index >= 15 is 0 Å². The van der Waals surface area contributed by atoms with E-state index in [-0.39, 0.29) is 12.0 Å². The maximum Gasteiger partial charge on any atom is 0.327 e. The number of hydrogen-bond donors (Lipinski definition) is 0. The summed E-state index contributed by atoms with van der Waals surface area (Å²) in [6, 6.07) is 7.42. The predicted molar refractivity (Wildman–Crippen MR) is 80.5 cm³/mol. The Morgan fingerprint density at radius 1 is 1.60 bits per heavy atom. The second kappa shape index (κ2) is 7.20. The van der Waals surface area contributed by atoms with Gasteiger partial charge in [-0.05, 0) is 37.1 Å². The molecule has 1 saturated heterocycles. The zero-order chi connectivity index (χ0) is 14.5. The van der Waals surface area contributed by atoms with Crippen molar-refractivity contribution in [2.24, 2.45) is 5.92 Å². The maximum absolute atomic E-state index is 12.1. The molecule has 1 fully saturated rings. The number of carbonyl (C=O) groups is 1. The van der Waals surface area contributed by atoms with Gasteiger partial charge < -0.3 is 9.47 Å². The average molecular weight is 342 g/mol. The zero-order valence-electron chi connectivity index (χ0n) is 11.8.